The molecule has 0 amide bonds. The highest BCUT2D eigenvalue weighted by Crippen LogP contribution is 2.32. The Morgan fingerprint density at radius 3 is 2.62 bits per heavy atom. The van der Waals surface area contributed by atoms with Gasteiger partial charge in [0.15, 0.2) is 0 Å². The van der Waals surface area contributed by atoms with E-state index in [2.05, 4.69) is 4.98 Å². The highest BCUT2D eigenvalue weighted by molar-refractivity contribution is 5.85. The van der Waals surface area contributed by atoms with Crippen molar-refractivity contribution in [2.45, 2.75) is 33.1 Å². The number of benzene rings is 1. The van der Waals surface area contributed by atoms with E-state index in [0.717, 1.165) is 12.1 Å². The summed E-state index contributed by atoms with van der Waals surface area (Å²) in [5.74, 6) is -0.504. The number of nitrogens with zero attached hydrogens (tertiary/aromatic N) is 2. The number of aromatic nitrogens is 2. The van der Waals surface area contributed by atoms with Gasteiger partial charge in [0.25, 0.3) is 0 Å². The summed E-state index contributed by atoms with van der Waals surface area (Å²) in [4.78, 5) is 15.5. The smallest absolute Gasteiger partial charge is 0.416 e. The second-order valence-electron chi connectivity index (χ2n) is 5.59. The monoisotopic (exact) mass is 338 g/mol. The lowest BCUT2D eigenvalue weighted by Crippen LogP contribution is -2.08. The van der Waals surface area contributed by atoms with Crippen molar-refractivity contribution in [2.75, 3.05) is 0 Å². The van der Waals surface area contributed by atoms with Crippen LogP contribution in [0.15, 0.2) is 36.8 Å². The van der Waals surface area contributed by atoms with Gasteiger partial charge >= 0.3 is 12.1 Å². The van der Waals surface area contributed by atoms with Gasteiger partial charge in [0.1, 0.15) is 0 Å². The second-order valence-corrected chi connectivity index (χ2v) is 5.59. The number of ether oxygens (including phenoxy) is 1. The van der Waals surface area contributed by atoms with Crippen molar-refractivity contribution in [3.63, 3.8) is 0 Å². The zero-order valence-electron chi connectivity index (χ0n) is 13.5. The predicted molar refractivity (Wildman–Crippen MR) is 84.0 cm³/mol. The molecule has 0 aliphatic rings. The van der Waals surface area contributed by atoms with Crippen LogP contribution < -0.4 is 0 Å². The third-order valence-electron chi connectivity index (χ3n) is 3.04. The van der Waals surface area contributed by atoms with Gasteiger partial charge in [-0.1, -0.05) is 0 Å². The summed E-state index contributed by atoms with van der Waals surface area (Å²) in [5.41, 5.74) is 0.513. The van der Waals surface area contributed by atoms with Crippen molar-refractivity contribution in [1.82, 2.24) is 9.55 Å². The van der Waals surface area contributed by atoms with Crippen molar-refractivity contribution < 1.29 is 22.7 Å². The van der Waals surface area contributed by atoms with Crippen molar-refractivity contribution >= 4 is 12.2 Å². The third kappa shape index (κ3) is 4.71. The molecule has 0 fully saturated rings. The van der Waals surface area contributed by atoms with Crippen LogP contribution in [-0.4, -0.2) is 21.6 Å². The number of halogens is 3. The lowest BCUT2D eigenvalue weighted by molar-refractivity contribution is -0.141. The van der Waals surface area contributed by atoms with Gasteiger partial charge in [-0.05, 0) is 44.5 Å². The van der Waals surface area contributed by atoms with E-state index in [1.807, 2.05) is 0 Å². The molecule has 1 aromatic heterocycles. The van der Waals surface area contributed by atoms with Gasteiger partial charge < -0.3 is 9.30 Å². The van der Waals surface area contributed by atoms with Gasteiger partial charge in [0.05, 0.1) is 23.7 Å². The van der Waals surface area contributed by atoms with Gasteiger partial charge in [-0.3, -0.25) is 0 Å². The second kappa shape index (κ2) is 6.90. The summed E-state index contributed by atoms with van der Waals surface area (Å²) in [6.07, 6.45) is 0.959. The molecule has 0 saturated carbocycles. The van der Waals surface area contributed by atoms with Crippen LogP contribution in [-0.2, 0) is 15.7 Å². The van der Waals surface area contributed by atoms with Crippen LogP contribution in [0.3, 0.4) is 0 Å². The summed E-state index contributed by atoms with van der Waals surface area (Å²) < 4.78 is 45.1. The van der Waals surface area contributed by atoms with E-state index < -0.39 is 17.7 Å². The molecule has 0 saturated heterocycles. The molecule has 0 N–H and O–H groups in total. The number of aryl methyl sites for hydroxylation is 1. The van der Waals surface area contributed by atoms with Crippen LogP contribution in [0.2, 0.25) is 0 Å². The highest BCUT2D eigenvalue weighted by Gasteiger charge is 2.31. The Bertz CT molecular complexity index is 761. The minimum atomic E-state index is -4.41. The summed E-state index contributed by atoms with van der Waals surface area (Å²) in [6, 6.07) is 3.76. The summed E-state index contributed by atoms with van der Waals surface area (Å²) >= 11 is 0. The average Bonchev–Trinajstić information content (AvgIpc) is 2.91. The first-order valence-electron chi connectivity index (χ1n) is 7.26. The normalized spacial score (nSPS) is 12.1. The molecule has 0 radical (unpaired) electrons. The molecule has 24 heavy (non-hydrogen) atoms. The minimum absolute atomic E-state index is 0.228. The van der Waals surface area contributed by atoms with Crippen molar-refractivity contribution in [1.29, 1.82) is 0 Å². The molecular weight excluding hydrogens is 321 g/mol. The zero-order valence-corrected chi connectivity index (χ0v) is 13.5. The lowest BCUT2D eigenvalue weighted by atomic mass is 10.0. The van der Waals surface area contributed by atoms with E-state index in [4.69, 9.17) is 4.74 Å². The van der Waals surface area contributed by atoms with Crippen LogP contribution in [0.5, 0.6) is 0 Å². The Morgan fingerprint density at radius 1 is 1.29 bits per heavy atom. The summed E-state index contributed by atoms with van der Waals surface area (Å²) in [7, 11) is 0. The Kier molecular flexibility index (Phi) is 5.11. The topological polar surface area (TPSA) is 44.1 Å². The number of imidazole rings is 1. The minimum Gasteiger partial charge on any atom is -0.460 e. The Morgan fingerprint density at radius 2 is 2.00 bits per heavy atom. The van der Waals surface area contributed by atoms with Crippen molar-refractivity contribution in [3.8, 4) is 11.3 Å². The molecular formula is C17H17F3N2O2. The van der Waals surface area contributed by atoms with Gasteiger partial charge in [-0.2, -0.15) is 13.2 Å². The Hall–Kier alpha value is -2.57. The molecule has 2 aromatic rings. The number of hydrogen-bond acceptors (Lipinski definition) is 3. The standard InChI is InChI=1S/C17H17F3N2O2/c1-11(2)24-16(23)4-5-22-9-15(21-10-22)13-6-12(3)7-14(8-13)17(18,19)20/h4-11H,1-3H3/b5-4-. The van der Waals surface area contributed by atoms with Crippen LogP contribution in [0, 0.1) is 6.92 Å². The molecule has 1 heterocycles. The molecule has 1 aromatic carbocycles. The molecule has 2 rings (SSSR count). The molecule has 0 spiro atoms. The lowest BCUT2D eigenvalue weighted by Gasteiger charge is -2.09. The number of rotatable bonds is 4. The summed E-state index contributed by atoms with van der Waals surface area (Å²) in [5, 5.41) is 0. The number of alkyl halides is 3. The first kappa shape index (κ1) is 17.8. The molecule has 0 unspecified atom stereocenters. The Balaban J connectivity index is 2.23. The number of esters is 1. The number of carbonyl (C=O) groups excluding carboxylic acids is 1. The molecule has 0 bridgehead atoms. The van der Waals surface area contributed by atoms with Crippen molar-refractivity contribution in [3.05, 3.63) is 47.9 Å². The largest absolute Gasteiger partial charge is 0.460 e. The maximum absolute atomic E-state index is 12.9. The predicted octanol–water partition coefficient (Wildman–Crippen LogP) is 4.30. The number of hydrogen-bond donors (Lipinski definition) is 0. The first-order chi connectivity index (χ1) is 11.1. The summed E-state index contributed by atoms with van der Waals surface area (Å²) in [6.45, 7) is 5.06. The highest BCUT2D eigenvalue weighted by atomic mass is 19.4. The molecule has 0 aliphatic heterocycles. The van der Waals surface area contributed by atoms with Crippen LogP contribution in [0.1, 0.15) is 25.0 Å². The first-order valence-corrected chi connectivity index (χ1v) is 7.26. The number of carbonyl (C=O) groups is 1. The van der Waals surface area contributed by atoms with Gasteiger partial charge in [0.2, 0.25) is 0 Å². The van der Waals surface area contributed by atoms with E-state index in [0.29, 0.717) is 16.8 Å². The average molecular weight is 338 g/mol. The van der Waals surface area contributed by atoms with Gasteiger partial charge in [-0.15, -0.1) is 0 Å². The van der Waals surface area contributed by atoms with Gasteiger partial charge in [0, 0.05) is 24.0 Å². The fourth-order valence-electron chi connectivity index (χ4n) is 2.08. The Labute approximate surface area is 137 Å². The molecule has 0 atom stereocenters. The molecule has 4 nitrogen and oxygen atoms in total. The van der Waals surface area contributed by atoms with Crippen LogP contribution in [0.4, 0.5) is 13.2 Å². The molecule has 128 valence electrons. The molecule has 7 heteroatoms. The quantitative estimate of drug-likeness (QED) is 0.617. The van der Waals surface area contributed by atoms with E-state index in [1.165, 1.54) is 29.4 Å². The molecule has 0 aliphatic carbocycles. The third-order valence-corrected chi connectivity index (χ3v) is 3.04. The van der Waals surface area contributed by atoms with E-state index in [9.17, 15) is 18.0 Å². The zero-order chi connectivity index (χ0) is 17.9. The van der Waals surface area contributed by atoms with Gasteiger partial charge in [-0.25, -0.2) is 9.78 Å². The van der Waals surface area contributed by atoms with Crippen molar-refractivity contribution in [2.24, 2.45) is 0 Å². The van der Waals surface area contributed by atoms with Crippen LogP contribution >= 0.6 is 0 Å². The van der Waals surface area contributed by atoms with E-state index in [-0.39, 0.29) is 6.10 Å². The SMILES string of the molecule is Cc1cc(-c2cn(/C=C\C(=O)OC(C)C)cn2)cc(C(F)(F)F)c1. The maximum atomic E-state index is 12.9. The van der Waals surface area contributed by atoms with E-state index in [1.54, 1.807) is 26.8 Å². The maximum Gasteiger partial charge on any atom is 0.416 e. The fraction of sp³-hybridized carbons (Fsp3) is 0.294. The van der Waals surface area contributed by atoms with Crippen LogP contribution in [0.25, 0.3) is 17.5 Å². The van der Waals surface area contributed by atoms with E-state index >= 15 is 0 Å². The fourth-order valence-corrected chi connectivity index (χ4v) is 2.08.